The molecule has 4 heteroatoms. The Morgan fingerprint density at radius 1 is 1.09 bits per heavy atom. The molecule has 0 radical (unpaired) electrons. The number of ether oxygens (including phenoxy) is 2. The minimum Gasteiger partial charge on any atom is -0.497 e. The fraction of sp³-hybridized carbons (Fsp3) is 0.500. The summed E-state index contributed by atoms with van der Waals surface area (Å²) < 4.78 is 12.2. The molecular weight excluding hydrogens is 276 g/mol. The molecule has 0 unspecified atom stereocenters. The van der Waals surface area contributed by atoms with Crippen LogP contribution in [0.4, 0.5) is 0 Å². The van der Waals surface area contributed by atoms with Gasteiger partial charge in [-0.1, -0.05) is 32.4 Å². The summed E-state index contributed by atoms with van der Waals surface area (Å²) in [6, 6.07) is 8.06. The van der Waals surface area contributed by atoms with E-state index in [0.717, 1.165) is 24.4 Å². The summed E-state index contributed by atoms with van der Waals surface area (Å²) in [5.74, 6) is 0.876. The normalized spacial score (nSPS) is 10.0. The molecule has 0 saturated heterocycles. The molecule has 1 aromatic heterocycles. The summed E-state index contributed by atoms with van der Waals surface area (Å²) in [7, 11) is 3.39. The molecule has 0 N–H and O–H groups in total. The fourth-order valence-electron chi connectivity index (χ4n) is 2.01. The standard InChI is InChI=1S/C15H20N2O2.C3H8/c1-12-10-17(16-15(12)8-9-18-2)11-13-4-6-14(19-3)7-5-13;1-3-2/h4-7,10H,8-9,11H2,1-3H3;3H2,1-2H3. The van der Waals surface area contributed by atoms with E-state index in [1.165, 1.54) is 17.5 Å². The molecule has 0 aliphatic carbocycles. The molecule has 0 spiro atoms. The second kappa shape index (κ2) is 10.0. The molecule has 0 atom stereocenters. The number of methoxy groups -OCH3 is 2. The molecule has 2 rings (SSSR count). The van der Waals surface area contributed by atoms with Gasteiger partial charge in [-0.15, -0.1) is 0 Å². The Bertz CT molecular complexity index is 533. The van der Waals surface area contributed by atoms with Crippen molar-refractivity contribution < 1.29 is 9.47 Å². The number of hydrogen-bond donors (Lipinski definition) is 0. The molecule has 0 fully saturated rings. The Balaban J connectivity index is 0.000000745. The average molecular weight is 304 g/mol. The van der Waals surface area contributed by atoms with Crippen molar-refractivity contribution in [2.24, 2.45) is 0 Å². The van der Waals surface area contributed by atoms with Crippen molar-refractivity contribution in [3.63, 3.8) is 0 Å². The quantitative estimate of drug-likeness (QED) is 0.813. The van der Waals surface area contributed by atoms with Crippen LogP contribution in [-0.4, -0.2) is 30.6 Å². The van der Waals surface area contributed by atoms with Crippen LogP contribution < -0.4 is 4.74 Å². The highest BCUT2D eigenvalue weighted by molar-refractivity contribution is 5.27. The van der Waals surface area contributed by atoms with E-state index in [2.05, 4.69) is 44.2 Å². The van der Waals surface area contributed by atoms with Gasteiger partial charge in [0.15, 0.2) is 0 Å². The number of aryl methyl sites for hydroxylation is 1. The zero-order valence-corrected chi connectivity index (χ0v) is 14.4. The molecule has 122 valence electrons. The summed E-state index contributed by atoms with van der Waals surface area (Å²) in [4.78, 5) is 0. The van der Waals surface area contributed by atoms with Crippen LogP contribution in [0.1, 0.15) is 37.1 Å². The fourth-order valence-corrected chi connectivity index (χ4v) is 2.01. The highest BCUT2D eigenvalue weighted by Gasteiger charge is 2.05. The third kappa shape index (κ3) is 5.90. The minimum atomic E-state index is 0.709. The molecule has 0 amide bonds. The smallest absolute Gasteiger partial charge is 0.118 e. The molecule has 1 aromatic carbocycles. The van der Waals surface area contributed by atoms with E-state index in [-0.39, 0.29) is 0 Å². The zero-order chi connectivity index (χ0) is 16.4. The molecule has 0 aliphatic heterocycles. The first-order chi connectivity index (χ1) is 10.6. The number of benzene rings is 1. The maximum absolute atomic E-state index is 5.15. The van der Waals surface area contributed by atoms with Crippen LogP contribution in [0.3, 0.4) is 0 Å². The van der Waals surface area contributed by atoms with Gasteiger partial charge in [0, 0.05) is 19.7 Å². The second-order valence-electron chi connectivity index (χ2n) is 5.25. The maximum Gasteiger partial charge on any atom is 0.118 e. The van der Waals surface area contributed by atoms with Gasteiger partial charge in [0.05, 0.1) is 26.0 Å². The highest BCUT2D eigenvalue weighted by Crippen LogP contribution is 2.13. The Morgan fingerprint density at radius 2 is 1.73 bits per heavy atom. The van der Waals surface area contributed by atoms with E-state index in [1.54, 1.807) is 14.2 Å². The van der Waals surface area contributed by atoms with E-state index in [1.807, 2.05) is 16.8 Å². The Morgan fingerprint density at radius 3 is 2.27 bits per heavy atom. The van der Waals surface area contributed by atoms with Gasteiger partial charge in [-0.05, 0) is 30.2 Å². The van der Waals surface area contributed by atoms with Gasteiger partial charge in [0.2, 0.25) is 0 Å². The molecule has 1 heterocycles. The Kier molecular flexibility index (Phi) is 8.30. The molecule has 22 heavy (non-hydrogen) atoms. The summed E-state index contributed by atoms with van der Waals surface area (Å²) in [6.07, 6.45) is 4.19. The van der Waals surface area contributed by atoms with Crippen molar-refractivity contribution in [1.82, 2.24) is 9.78 Å². The molecular formula is C18H28N2O2. The lowest BCUT2D eigenvalue weighted by Gasteiger charge is -2.04. The number of nitrogens with zero attached hydrogens (tertiary/aromatic N) is 2. The van der Waals surface area contributed by atoms with Crippen molar-refractivity contribution >= 4 is 0 Å². The van der Waals surface area contributed by atoms with Gasteiger partial charge in [0.1, 0.15) is 5.75 Å². The largest absolute Gasteiger partial charge is 0.497 e. The van der Waals surface area contributed by atoms with Crippen molar-refractivity contribution in [3.05, 3.63) is 47.3 Å². The van der Waals surface area contributed by atoms with Crippen molar-refractivity contribution in [3.8, 4) is 5.75 Å². The van der Waals surface area contributed by atoms with E-state index >= 15 is 0 Å². The lowest BCUT2D eigenvalue weighted by molar-refractivity contribution is 0.201. The number of aromatic nitrogens is 2. The van der Waals surface area contributed by atoms with Crippen molar-refractivity contribution in [2.45, 2.75) is 40.2 Å². The number of hydrogen-bond acceptors (Lipinski definition) is 3. The first-order valence-corrected chi connectivity index (χ1v) is 7.79. The van der Waals surface area contributed by atoms with Gasteiger partial charge in [-0.25, -0.2) is 0 Å². The van der Waals surface area contributed by atoms with Crippen molar-refractivity contribution in [1.29, 1.82) is 0 Å². The molecule has 2 aromatic rings. The van der Waals surface area contributed by atoms with Crippen LogP contribution in [0.2, 0.25) is 0 Å². The van der Waals surface area contributed by atoms with Gasteiger partial charge >= 0.3 is 0 Å². The molecule has 0 aliphatic rings. The van der Waals surface area contributed by atoms with Crippen LogP contribution in [0, 0.1) is 6.92 Å². The molecule has 0 saturated carbocycles. The van der Waals surface area contributed by atoms with Gasteiger partial charge in [-0.2, -0.15) is 5.10 Å². The lowest BCUT2D eigenvalue weighted by atomic mass is 10.2. The maximum atomic E-state index is 5.15. The highest BCUT2D eigenvalue weighted by atomic mass is 16.5. The second-order valence-corrected chi connectivity index (χ2v) is 5.25. The van der Waals surface area contributed by atoms with Gasteiger partial charge in [0.25, 0.3) is 0 Å². The first kappa shape index (κ1) is 18.2. The SMILES string of the molecule is CCC.COCCc1nn(Cc2ccc(OC)cc2)cc1C. The predicted molar refractivity (Wildman–Crippen MR) is 90.6 cm³/mol. The average Bonchev–Trinajstić information content (AvgIpc) is 2.86. The van der Waals surface area contributed by atoms with E-state index in [0.29, 0.717) is 6.61 Å². The Labute approximate surface area is 134 Å². The van der Waals surface area contributed by atoms with Crippen LogP contribution in [0.5, 0.6) is 5.75 Å². The van der Waals surface area contributed by atoms with Gasteiger partial charge < -0.3 is 9.47 Å². The molecule has 0 bridgehead atoms. The predicted octanol–water partition coefficient (Wildman–Crippen LogP) is 3.85. The van der Waals surface area contributed by atoms with E-state index in [4.69, 9.17) is 9.47 Å². The lowest BCUT2D eigenvalue weighted by Crippen LogP contribution is -2.02. The summed E-state index contributed by atoms with van der Waals surface area (Å²) in [5, 5.41) is 4.59. The summed E-state index contributed by atoms with van der Waals surface area (Å²) in [6.45, 7) is 7.82. The molecule has 4 nitrogen and oxygen atoms in total. The van der Waals surface area contributed by atoms with Crippen molar-refractivity contribution in [2.75, 3.05) is 20.8 Å². The van der Waals surface area contributed by atoms with E-state index in [9.17, 15) is 0 Å². The van der Waals surface area contributed by atoms with E-state index < -0.39 is 0 Å². The summed E-state index contributed by atoms with van der Waals surface area (Å²) in [5.41, 5.74) is 3.53. The minimum absolute atomic E-state index is 0.709. The van der Waals surface area contributed by atoms with Crippen LogP contribution in [0.15, 0.2) is 30.5 Å². The zero-order valence-electron chi connectivity index (χ0n) is 14.4. The first-order valence-electron chi connectivity index (χ1n) is 7.79. The monoisotopic (exact) mass is 304 g/mol. The third-order valence-electron chi connectivity index (χ3n) is 3.09. The Hall–Kier alpha value is -1.81. The summed E-state index contributed by atoms with van der Waals surface area (Å²) >= 11 is 0. The van der Waals surface area contributed by atoms with Crippen LogP contribution >= 0.6 is 0 Å². The van der Waals surface area contributed by atoms with Gasteiger partial charge in [-0.3, -0.25) is 4.68 Å². The third-order valence-corrected chi connectivity index (χ3v) is 3.09. The van der Waals surface area contributed by atoms with Crippen LogP contribution in [0.25, 0.3) is 0 Å². The topological polar surface area (TPSA) is 36.3 Å². The van der Waals surface area contributed by atoms with Crippen LogP contribution in [-0.2, 0) is 17.7 Å². The number of rotatable bonds is 6.